The molecule has 0 radical (unpaired) electrons. The van der Waals surface area contributed by atoms with Crippen molar-refractivity contribution in [3.63, 3.8) is 0 Å². The standard InChI is InChI=1S/C20H24N2O6S/c1-4-27-17-11-9-16(10-12-17)22-29(25,26)18-8-6-7-15(13-18)19(23)21-14(3)20(24)28-5-2/h6-14,22H,4-5H2,1-3H3,(H,21,23). The second-order valence-electron chi connectivity index (χ2n) is 6.04. The summed E-state index contributed by atoms with van der Waals surface area (Å²) in [6, 6.07) is 11.2. The van der Waals surface area contributed by atoms with Gasteiger partial charge in [0.25, 0.3) is 15.9 Å². The number of carbonyl (C=O) groups is 2. The lowest BCUT2D eigenvalue weighted by atomic mass is 10.2. The first-order chi connectivity index (χ1) is 13.8. The van der Waals surface area contributed by atoms with E-state index in [0.29, 0.717) is 18.0 Å². The predicted octanol–water partition coefficient (Wildman–Crippen LogP) is 2.57. The minimum atomic E-state index is -3.91. The molecule has 0 aliphatic heterocycles. The average molecular weight is 420 g/mol. The van der Waals surface area contributed by atoms with Crippen LogP contribution in [0.2, 0.25) is 0 Å². The number of amides is 1. The molecule has 2 N–H and O–H groups in total. The smallest absolute Gasteiger partial charge is 0.328 e. The number of hydrogen-bond donors (Lipinski definition) is 2. The van der Waals surface area contributed by atoms with E-state index >= 15 is 0 Å². The van der Waals surface area contributed by atoms with Crippen LogP contribution in [0.3, 0.4) is 0 Å². The molecular weight excluding hydrogens is 396 g/mol. The Morgan fingerprint density at radius 1 is 1.03 bits per heavy atom. The molecule has 9 heteroatoms. The normalized spacial score (nSPS) is 12.0. The van der Waals surface area contributed by atoms with Crippen LogP contribution in [0.1, 0.15) is 31.1 Å². The van der Waals surface area contributed by atoms with Gasteiger partial charge in [0.15, 0.2) is 0 Å². The SMILES string of the molecule is CCOC(=O)C(C)NC(=O)c1cccc(S(=O)(=O)Nc2ccc(OCC)cc2)c1. The quantitative estimate of drug-likeness (QED) is 0.603. The van der Waals surface area contributed by atoms with Crippen molar-refractivity contribution in [3.8, 4) is 5.75 Å². The molecule has 0 spiro atoms. The van der Waals surface area contributed by atoms with Crippen molar-refractivity contribution < 1.29 is 27.5 Å². The van der Waals surface area contributed by atoms with Crippen molar-refractivity contribution in [2.45, 2.75) is 31.7 Å². The second kappa shape index (κ2) is 9.92. The van der Waals surface area contributed by atoms with Crippen molar-refractivity contribution in [2.75, 3.05) is 17.9 Å². The van der Waals surface area contributed by atoms with E-state index in [0.717, 1.165) is 0 Å². The first kappa shape index (κ1) is 22.2. The fraction of sp³-hybridized carbons (Fsp3) is 0.300. The molecule has 1 unspecified atom stereocenters. The van der Waals surface area contributed by atoms with Gasteiger partial charge < -0.3 is 14.8 Å². The summed E-state index contributed by atoms with van der Waals surface area (Å²) >= 11 is 0. The van der Waals surface area contributed by atoms with Crippen LogP contribution in [0.5, 0.6) is 5.75 Å². The van der Waals surface area contributed by atoms with Crippen LogP contribution in [-0.2, 0) is 19.6 Å². The van der Waals surface area contributed by atoms with Gasteiger partial charge in [0.05, 0.1) is 18.1 Å². The Balaban J connectivity index is 2.14. The molecule has 156 valence electrons. The summed E-state index contributed by atoms with van der Waals surface area (Å²) in [5.41, 5.74) is 0.468. The van der Waals surface area contributed by atoms with Gasteiger partial charge >= 0.3 is 5.97 Å². The van der Waals surface area contributed by atoms with Crippen LogP contribution in [-0.4, -0.2) is 39.5 Å². The summed E-state index contributed by atoms with van der Waals surface area (Å²) < 4.78 is 37.9. The summed E-state index contributed by atoms with van der Waals surface area (Å²) in [5.74, 6) is -0.518. The maximum absolute atomic E-state index is 12.7. The van der Waals surface area contributed by atoms with Crippen molar-refractivity contribution in [3.05, 3.63) is 54.1 Å². The first-order valence-corrected chi connectivity index (χ1v) is 10.6. The Labute approximate surface area is 170 Å². The molecule has 2 rings (SSSR count). The summed E-state index contributed by atoms with van der Waals surface area (Å²) in [4.78, 5) is 23.9. The number of sulfonamides is 1. The number of benzene rings is 2. The van der Waals surface area contributed by atoms with E-state index < -0.39 is 27.9 Å². The third-order valence-corrected chi connectivity index (χ3v) is 5.19. The molecule has 29 heavy (non-hydrogen) atoms. The zero-order valence-electron chi connectivity index (χ0n) is 16.5. The van der Waals surface area contributed by atoms with E-state index in [1.165, 1.54) is 31.2 Å². The van der Waals surface area contributed by atoms with Crippen molar-refractivity contribution in [1.29, 1.82) is 0 Å². The number of ether oxygens (including phenoxy) is 2. The van der Waals surface area contributed by atoms with Gasteiger partial charge in [-0.25, -0.2) is 13.2 Å². The monoisotopic (exact) mass is 420 g/mol. The third-order valence-electron chi connectivity index (χ3n) is 3.81. The van der Waals surface area contributed by atoms with E-state index in [4.69, 9.17) is 9.47 Å². The molecule has 2 aromatic carbocycles. The maximum Gasteiger partial charge on any atom is 0.328 e. The largest absolute Gasteiger partial charge is 0.494 e. The summed E-state index contributed by atoms with van der Waals surface area (Å²) in [7, 11) is -3.91. The number of nitrogens with one attached hydrogen (secondary N) is 2. The van der Waals surface area contributed by atoms with Crippen LogP contribution >= 0.6 is 0 Å². The average Bonchev–Trinajstić information content (AvgIpc) is 2.69. The van der Waals surface area contributed by atoms with E-state index in [1.54, 1.807) is 31.2 Å². The Morgan fingerprint density at radius 3 is 2.34 bits per heavy atom. The predicted molar refractivity (Wildman–Crippen MR) is 108 cm³/mol. The van der Waals surface area contributed by atoms with Gasteiger partial charge in [-0.05, 0) is 63.2 Å². The molecule has 1 amide bonds. The van der Waals surface area contributed by atoms with Crippen molar-refractivity contribution in [1.82, 2.24) is 5.32 Å². The number of esters is 1. The Morgan fingerprint density at radius 2 is 1.72 bits per heavy atom. The van der Waals surface area contributed by atoms with Gasteiger partial charge in [0, 0.05) is 11.3 Å². The molecule has 0 saturated carbocycles. The zero-order chi connectivity index (χ0) is 21.4. The van der Waals surface area contributed by atoms with Crippen LogP contribution in [0.15, 0.2) is 53.4 Å². The highest BCUT2D eigenvalue weighted by molar-refractivity contribution is 7.92. The van der Waals surface area contributed by atoms with Gasteiger partial charge in [-0.2, -0.15) is 0 Å². The molecule has 0 heterocycles. The van der Waals surface area contributed by atoms with Crippen molar-refractivity contribution in [2.24, 2.45) is 0 Å². The molecule has 1 atom stereocenters. The van der Waals surface area contributed by atoms with Crippen LogP contribution in [0, 0.1) is 0 Å². The minimum Gasteiger partial charge on any atom is -0.494 e. The fourth-order valence-corrected chi connectivity index (χ4v) is 3.51. The second-order valence-corrected chi connectivity index (χ2v) is 7.72. The fourth-order valence-electron chi connectivity index (χ4n) is 2.41. The lowest BCUT2D eigenvalue weighted by molar-refractivity contribution is -0.144. The summed E-state index contributed by atoms with van der Waals surface area (Å²) in [6.45, 7) is 5.72. The Kier molecular flexibility index (Phi) is 7.60. The highest BCUT2D eigenvalue weighted by Gasteiger charge is 2.20. The van der Waals surface area contributed by atoms with Crippen molar-refractivity contribution >= 4 is 27.6 Å². The van der Waals surface area contributed by atoms with Crippen LogP contribution in [0.25, 0.3) is 0 Å². The maximum atomic E-state index is 12.7. The topological polar surface area (TPSA) is 111 Å². The van der Waals surface area contributed by atoms with Crippen LogP contribution < -0.4 is 14.8 Å². The van der Waals surface area contributed by atoms with E-state index in [9.17, 15) is 18.0 Å². The number of hydrogen-bond acceptors (Lipinski definition) is 6. The van der Waals surface area contributed by atoms with E-state index in [1.807, 2.05) is 6.92 Å². The van der Waals surface area contributed by atoms with E-state index in [-0.39, 0.29) is 17.1 Å². The Bertz CT molecular complexity index is 957. The Hall–Kier alpha value is -3.07. The highest BCUT2D eigenvalue weighted by Crippen LogP contribution is 2.20. The number of rotatable bonds is 9. The lowest BCUT2D eigenvalue weighted by Crippen LogP contribution is -2.39. The lowest BCUT2D eigenvalue weighted by Gasteiger charge is -2.13. The molecule has 0 saturated heterocycles. The molecule has 0 aliphatic carbocycles. The minimum absolute atomic E-state index is 0.0807. The number of carbonyl (C=O) groups excluding carboxylic acids is 2. The molecule has 0 aliphatic rings. The van der Waals surface area contributed by atoms with Gasteiger partial charge in [0.2, 0.25) is 0 Å². The number of anilines is 1. The van der Waals surface area contributed by atoms with Gasteiger partial charge in [-0.1, -0.05) is 6.07 Å². The molecule has 2 aromatic rings. The van der Waals surface area contributed by atoms with Crippen LogP contribution in [0.4, 0.5) is 5.69 Å². The molecule has 8 nitrogen and oxygen atoms in total. The summed E-state index contributed by atoms with van der Waals surface area (Å²) in [6.07, 6.45) is 0. The molecule has 0 aromatic heterocycles. The highest BCUT2D eigenvalue weighted by atomic mass is 32.2. The zero-order valence-corrected chi connectivity index (χ0v) is 17.3. The van der Waals surface area contributed by atoms with E-state index in [2.05, 4.69) is 10.0 Å². The molecular formula is C20H24N2O6S. The first-order valence-electron chi connectivity index (χ1n) is 9.10. The third kappa shape index (κ3) is 6.21. The van der Waals surface area contributed by atoms with Gasteiger partial charge in [-0.3, -0.25) is 9.52 Å². The summed E-state index contributed by atoms with van der Waals surface area (Å²) in [5, 5.41) is 2.48. The van der Waals surface area contributed by atoms with Gasteiger partial charge in [0.1, 0.15) is 11.8 Å². The molecule has 0 fully saturated rings. The van der Waals surface area contributed by atoms with Gasteiger partial charge in [-0.15, -0.1) is 0 Å². The molecule has 0 bridgehead atoms.